The molecule has 16 heteroatoms. The van der Waals surface area contributed by atoms with Gasteiger partial charge in [0.1, 0.15) is 51.7 Å². The van der Waals surface area contributed by atoms with Crippen LogP contribution < -0.4 is 15.4 Å². The van der Waals surface area contributed by atoms with E-state index < -0.39 is 34.3 Å². The van der Waals surface area contributed by atoms with Crippen molar-refractivity contribution in [3.63, 3.8) is 0 Å². The Bertz CT molecular complexity index is 2040. The maximum atomic E-state index is 13.4. The number of ether oxygens (including phenoxy) is 1. The topological polar surface area (TPSA) is 201 Å². The maximum absolute atomic E-state index is 13.4. The van der Waals surface area contributed by atoms with Crippen LogP contribution in [0.5, 0.6) is 5.75 Å². The van der Waals surface area contributed by atoms with Crippen LogP contribution in [0.4, 0.5) is 15.9 Å². The highest BCUT2D eigenvalue weighted by molar-refractivity contribution is 7.90. The lowest BCUT2D eigenvalue weighted by Crippen LogP contribution is -2.22. The first-order valence-electron chi connectivity index (χ1n) is 14.6. The summed E-state index contributed by atoms with van der Waals surface area (Å²) >= 11 is 6.47. The van der Waals surface area contributed by atoms with Crippen LogP contribution in [0.15, 0.2) is 83.5 Å². The number of aromatic nitrogens is 2. The van der Waals surface area contributed by atoms with Crippen LogP contribution in [0.1, 0.15) is 17.7 Å². The molecule has 5 rings (SSSR count). The fourth-order valence-corrected chi connectivity index (χ4v) is 5.03. The molecule has 0 bridgehead atoms. The Morgan fingerprint density at radius 1 is 1.04 bits per heavy atom. The molecule has 0 amide bonds. The van der Waals surface area contributed by atoms with Gasteiger partial charge in [-0.15, -0.1) is 0 Å². The molecule has 258 valence electrons. The van der Waals surface area contributed by atoms with Crippen molar-refractivity contribution < 1.29 is 46.9 Å². The van der Waals surface area contributed by atoms with E-state index in [2.05, 4.69) is 20.6 Å². The first-order valence-corrected chi connectivity index (χ1v) is 17.0. The van der Waals surface area contributed by atoms with Gasteiger partial charge in [-0.2, -0.15) is 0 Å². The van der Waals surface area contributed by atoms with Gasteiger partial charge in [-0.05, 0) is 66.2 Å². The predicted octanol–water partition coefficient (Wildman–Crippen LogP) is 5.05. The average molecular weight is 715 g/mol. The van der Waals surface area contributed by atoms with Gasteiger partial charge < -0.3 is 35.1 Å². The van der Waals surface area contributed by atoms with Crippen molar-refractivity contribution in [1.29, 1.82) is 0 Å². The van der Waals surface area contributed by atoms with Crippen LogP contribution in [0, 0.1) is 5.82 Å². The highest BCUT2D eigenvalue weighted by Gasteiger charge is 2.16. The third-order valence-electron chi connectivity index (χ3n) is 6.66. The molecule has 2 aromatic heterocycles. The molecular formula is C33H32ClFN4O9S. The average Bonchev–Trinajstić information content (AvgIpc) is 3.51. The zero-order valence-electron chi connectivity index (χ0n) is 26.0. The van der Waals surface area contributed by atoms with E-state index in [0.717, 1.165) is 16.5 Å². The number of carboxylic acids is 2. The lowest BCUT2D eigenvalue weighted by molar-refractivity contribution is -0.152. The Morgan fingerprint density at radius 3 is 2.51 bits per heavy atom. The highest BCUT2D eigenvalue weighted by atomic mass is 35.5. The van der Waals surface area contributed by atoms with Crippen LogP contribution in [0.25, 0.3) is 22.2 Å². The lowest BCUT2D eigenvalue weighted by Gasteiger charge is -2.12. The standard InChI is InChI=1S/C29H26ClFN4O4S.C4H6O5/c1-40(36,37)12-11-32-16-23-7-10-27(39-23)20-5-8-26-24(14-20)29(34-18-33-26)35-22-6-9-28(25(30)15-22)38-17-19-3-2-4-21(31)13-19;5-2(4(8)9)1-3(6)7/h2-10,13-15,18,32H,11-12,16-17H2,1H3,(H,33,34,35);2,5H,1H2,(H,6,7)(H,8,9). The second kappa shape index (κ2) is 16.8. The molecule has 0 aliphatic rings. The predicted molar refractivity (Wildman–Crippen MR) is 180 cm³/mol. The SMILES string of the molecule is CS(=O)(=O)CCNCc1ccc(-c2ccc3ncnc(Nc4ccc(OCc5cccc(F)c5)c(Cl)c4)c3c2)o1.O=C(O)CC(O)C(=O)O. The summed E-state index contributed by atoms with van der Waals surface area (Å²) in [6.45, 7) is 0.956. The summed E-state index contributed by atoms with van der Waals surface area (Å²) in [6, 6.07) is 21.0. The van der Waals surface area contributed by atoms with Crippen molar-refractivity contribution in [2.45, 2.75) is 25.7 Å². The summed E-state index contributed by atoms with van der Waals surface area (Å²) in [7, 11) is -3.02. The van der Waals surface area contributed by atoms with Gasteiger partial charge in [0, 0.05) is 29.4 Å². The molecular weight excluding hydrogens is 683 g/mol. The van der Waals surface area contributed by atoms with Crippen LogP contribution in [-0.4, -0.2) is 70.3 Å². The zero-order valence-corrected chi connectivity index (χ0v) is 27.5. The minimum absolute atomic E-state index is 0.0664. The van der Waals surface area contributed by atoms with E-state index in [1.165, 1.54) is 24.7 Å². The van der Waals surface area contributed by atoms with Crippen molar-refractivity contribution in [3.05, 3.63) is 101 Å². The first-order chi connectivity index (χ1) is 23.3. The van der Waals surface area contributed by atoms with Crippen LogP contribution in [0.2, 0.25) is 5.02 Å². The summed E-state index contributed by atoms with van der Waals surface area (Å²) in [4.78, 5) is 28.2. The lowest BCUT2D eigenvalue weighted by atomic mass is 10.1. The molecule has 0 saturated carbocycles. The minimum atomic E-state index is -3.02. The summed E-state index contributed by atoms with van der Waals surface area (Å²) in [5.41, 5.74) is 2.99. The van der Waals surface area contributed by atoms with Gasteiger partial charge in [-0.3, -0.25) is 4.79 Å². The Hall–Kier alpha value is -5.09. The van der Waals surface area contributed by atoms with Crippen molar-refractivity contribution in [3.8, 4) is 17.1 Å². The van der Waals surface area contributed by atoms with Crippen LogP contribution >= 0.6 is 11.6 Å². The Labute approximate surface area is 285 Å². The van der Waals surface area contributed by atoms with Crippen molar-refractivity contribution in [1.82, 2.24) is 15.3 Å². The van der Waals surface area contributed by atoms with Crippen LogP contribution in [-0.2, 0) is 32.6 Å². The third kappa shape index (κ3) is 11.5. The molecule has 5 aromatic rings. The van der Waals surface area contributed by atoms with E-state index in [9.17, 15) is 22.4 Å². The fourth-order valence-electron chi connectivity index (χ4n) is 4.28. The largest absolute Gasteiger partial charge is 0.487 e. The molecule has 0 aliphatic heterocycles. The number of nitrogens with one attached hydrogen (secondary N) is 2. The first kappa shape index (κ1) is 36.7. The number of rotatable bonds is 14. The zero-order chi connectivity index (χ0) is 35.6. The fraction of sp³-hybridized carbons (Fsp3) is 0.212. The molecule has 0 radical (unpaired) electrons. The van der Waals surface area contributed by atoms with Gasteiger partial charge in [-0.25, -0.2) is 27.6 Å². The smallest absolute Gasteiger partial charge is 0.333 e. The minimum Gasteiger partial charge on any atom is -0.487 e. The summed E-state index contributed by atoms with van der Waals surface area (Å²) < 4.78 is 47.8. The number of halogens is 2. The molecule has 5 N–H and O–H groups in total. The number of furan rings is 1. The number of aliphatic carboxylic acids is 2. The number of hydrogen-bond donors (Lipinski definition) is 5. The number of sulfone groups is 1. The second-order valence-electron chi connectivity index (χ2n) is 10.7. The molecule has 1 unspecified atom stereocenters. The quantitative estimate of drug-likeness (QED) is 0.0958. The van der Waals surface area contributed by atoms with Crippen molar-refractivity contribution in [2.75, 3.05) is 23.9 Å². The highest BCUT2D eigenvalue weighted by Crippen LogP contribution is 2.33. The molecule has 3 aromatic carbocycles. The van der Waals surface area contributed by atoms with Gasteiger partial charge >= 0.3 is 11.9 Å². The number of hydrogen-bond acceptors (Lipinski definition) is 11. The monoisotopic (exact) mass is 714 g/mol. The van der Waals surface area contributed by atoms with E-state index in [1.807, 2.05) is 36.4 Å². The number of carbonyl (C=O) groups is 2. The number of nitrogens with zero attached hydrogens (tertiary/aromatic N) is 2. The van der Waals surface area contributed by atoms with Gasteiger partial charge in [0.15, 0.2) is 6.10 Å². The summed E-state index contributed by atoms with van der Waals surface area (Å²) in [5.74, 6) is -0.672. The summed E-state index contributed by atoms with van der Waals surface area (Å²) in [6.07, 6.45) is 0.148. The number of fused-ring (bicyclic) bond motifs is 1. The van der Waals surface area contributed by atoms with Gasteiger partial charge in [0.25, 0.3) is 0 Å². The van der Waals surface area contributed by atoms with Gasteiger partial charge in [0.05, 0.1) is 29.3 Å². The number of benzene rings is 3. The van der Waals surface area contributed by atoms with E-state index in [4.69, 9.17) is 36.1 Å². The number of anilines is 2. The summed E-state index contributed by atoms with van der Waals surface area (Å²) in [5, 5.41) is 31.7. The Morgan fingerprint density at radius 2 is 1.84 bits per heavy atom. The molecule has 13 nitrogen and oxygen atoms in total. The molecule has 1 atom stereocenters. The normalized spacial score (nSPS) is 11.8. The van der Waals surface area contributed by atoms with E-state index >= 15 is 0 Å². The molecule has 0 saturated heterocycles. The maximum Gasteiger partial charge on any atom is 0.333 e. The van der Waals surface area contributed by atoms with Crippen molar-refractivity contribution in [2.24, 2.45) is 0 Å². The molecule has 0 spiro atoms. The number of carboxylic acid groups (broad SMARTS) is 2. The molecule has 49 heavy (non-hydrogen) atoms. The Balaban J connectivity index is 0.000000529. The molecule has 2 heterocycles. The van der Waals surface area contributed by atoms with E-state index in [0.29, 0.717) is 52.5 Å². The van der Waals surface area contributed by atoms with Gasteiger partial charge in [-0.1, -0.05) is 23.7 Å². The van der Waals surface area contributed by atoms with E-state index in [-0.39, 0.29) is 18.2 Å². The van der Waals surface area contributed by atoms with Gasteiger partial charge in [0.2, 0.25) is 0 Å². The van der Waals surface area contributed by atoms with Crippen molar-refractivity contribution >= 4 is 55.8 Å². The number of aliphatic hydroxyl groups excluding tert-OH is 1. The Kier molecular flexibility index (Phi) is 12.6. The third-order valence-corrected chi connectivity index (χ3v) is 7.90. The van der Waals surface area contributed by atoms with Crippen LogP contribution in [0.3, 0.4) is 0 Å². The second-order valence-corrected chi connectivity index (χ2v) is 13.3. The van der Waals surface area contributed by atoms with E-state index in [1.54, 1.807) is 24.3 Å². The molecule has 0 fully saturated rings. The number of aliphatic hydroxyl groups is 1. The molecule has 0 aliphatic carbocycles.